The number of ether oxygens (including phenoxy) is 1. The van der Waals surface area contributed by atoms with E-state index in [0.717, 1.165) is 54.7 Å². The van der Waals surface area contributed by atoms with Crippen LogP contribution in [-0.4, -0.2) is 51.6 Å². The number of amides is 1. The van der Waals surface area contributed by atoms with Crippen molar-refractivity contribution in [2.45, 2.75) is 42.2 Å². The van der Waals surface area contributed by atoms with Crippen molar-refractivity contribution in [3.8, 4) is 0 Å². The molecule has 2 fully saturated rings. The van der Waals surface area contributed by atoms with E-state index in [1.807, 2.05) is 18.3 Å². The summed E-state index contributed by atoms with van der Waals surface area (Å²) in [5.74, 6) is 0.550. The lowest BCUT2D eigenvalue weighted by atomic mass is 9.77. The topological polar surface area (TPSA) is 93.1 Å². The van der Waals surface area contributed by atoms with Crippen LogP contribution in [0.4, 0.5) is 11.5 Å². The lowest BCUT2D eigenvalue weighted by molar-refractivity contribution is 0.0975. The number of benzene rings is 1. The van der Waals surface area contributed by atoms with Gasteiger partial charge in [0.1, 0.15) is 10.8 Å². The molecule has 10 heteroatoms. The van der Waals surface area contributed by atoms with Crippen LogP contribution in [0.2, 0.25) is 5.02 Å². The highest BCUT2D eigenvalue weighted by molar-refractivity contribution is 7.99. The minimum atomic E-state index is -0.421. The summed E-state index contributed by atoms with van der Waals surface area (Å²) in [5.41, 5.74) is 0.823. The summed E-state index contributed by atoms with van der Waals surface area (Å²) >= 11 is 7.97. The van der Waals surface area contributed by atoms with Crippen LogP contribution in [0.1, 0.15) is 36.8 Å². The molecule has 34 heavy (non-hydrogen) atoms. The van der Waals surface area contributed by atoms with E-state index in [1.165, 1.54) is 24.2 Å². The molecule has 2 aliphatic heterocycles. The van der Waals surface area contributed by atoms with Crippen LogP contribution in [0.15, 0.2) is 59.0 Å². The van der Waals surface area contributed by atoms with Crippen molar-refractivity contribution in [2.75, 3.05) is 29.9 Å². The van der Waals surface area contributed by atoms with Gasteiger partial charge in [0.25, 0.3) is 5.91 Å². The number of rotatable bonds is 5. The fourth-order valence-corrected chi connectivity index (χ4v) is 5.60. The van der Waals surface area contributed by atoms with Crippen molar-refractivity contribution in [3.63, 3.8) is 0 Å². The summed E-state index contributed by atoms with van der Waals surface area (Å²) in [6.07, 6.45) is 10.4. The highest BCUT2D eigenvalue weighted by atomic mass is 35.5. The van der Waals surface area contributed by atoms with E-state index in [2.05, 4.69) is 37.1 Å². The third kappa shape index (κ3) is 5.01. The number of hydrogen-bond donors (Lipinski definition) is 1. The predicted molar refractivity (Wildman–Crippen MR) is 132 cm³/mol. The molecule has 3 aromatic rings. The number of piperidine rings is 1. The van der Waals surface area contributed by atoms with E-state index >= 15 is 0 Å². The third-order valence-electron chi connectivity index (χ3n) is 6.35. The Hall–Kier alpha value is -2.75. The van der Waals surface area contributed by atoms with Crippen LogP contribution >= 0.6 is 23.4 Å². The summed E-state index contributed by atoms with van der Waals surface area (Å²) in [7, 11) is 0. The van der Waals surface area contributed by atoms with Crippen molar-refractivity contribution in [1.29, 1.82) is 0 Å². The number of nitrogens with zero attached hydrogens (tertiary/aromatic N) is 5. The molecule has 1 spiro atoms. The summed E-state index contributed by atoms with van der Waals surface area (Å²) in [6.45, 7) is 4.98. The maximum absolute atomic E-state index is 12.4. The number of anilines is 2. The van der Waals surface area contributed by atoms with Gasteiger partial charge in [-0.25, -0.2) is 19.9 Å². The van der Waals surface area contributed by atoms with Gasteiger partial charge < -0.3 is 15.0 Å². The van der Waals surface area contributed by atoms with Gasteiger partial charge in [0.15, 0.2) is 0 Å². The third-order valence-corrected chi connectivity index (χ3v) is 7.85. The van der Waals surface area contributed by atoms with E-state index in [0.29, 0.717) is 22.2 Å². The van der Waals surface area contributed by atoms with Crippen LogP contribution in [0, 0.1) is 5.41 Å². The molecular formula is C24H25ClN6O2S. The highest BCUT2D eigenvalue weighted by Gasteiger charge is 2.41. The van der Waals surface area contributed by atoms with Crippen LogP contribution in [0.5, 0.6) is 0 Å². The van der Waals surface area contributed by atoms with Crippen LogP contribution < -0.4 is 10.2 Å². The van der Waals surface area contributed by atoms with Gasteiger partial charge in [0, 0.05) is 30.4 Å². The average Bonchev–Trinajstić information content (AvgIpc) is 3.23. The van der Waals surface area contributed by atoms with Gasteiger partial charge in [-0.1, -0.05) is 29.4 Å². The maximum atomic E-state index is 12.4. The van der Waals surface area contributed by atoms with Gasteiger partial charge >= 0.3 is 0 Å². The quantitative estimate of drug-likeness (QED) is 0.542. The van der Waals surface area contributed by atoms with E-state index in [9.17, 15) is 4.79 Å². The number of carbonyl (C=O) groups excluding carboxylic acids is 1. The SMILES string of the molecule is C[C@H]1CC2(CCN(c3cnc(Sc4cccc(NC(=O)c5ncccn5)c4Cl)cn3)CC2)CO1. The molecular weight excluding hydrogens is 472 g/mol. The molecule has 0 aliphatic carbocycles. The predicted octanol–water partition coefficient (Wildman–Crippen LogP) is 4.72. The van der Waals surface area contributed by atoms with E-state index in [-0.39, 0.29) is 5.82 Å². The molecule has 0 bridgehead atoms. The van der Waals surface area contributed by atoms with Crippen LogP contribution in [0.25, 0.3) is 0 Å². The first-order chi connectivity index (χ1) is 16.5. The zero-order valence-electron chi connectivity index (χ0n) is 18.8. The summed E-state index contributed by atoms with van der Waals surface area (Å²) < 4.78 is 5.83. The summed E-state index contributed by atoms with van der Waals surface area (Å²) in [5, 5.41) is 3.92. The zero-order valence-corrected chi connectivity index (χ0v) is 20.3. The molecule has 2 aromatic heterocycles. The van der Waals surface area contributed by atoms with E-state index in [4.69, 9.17) is 16.3 Å². The molecule has 2 aliphatic rings. The lowest BCUT2D eigenvalue weighted by Crippen LogP contribution is -2.41. The van der Waals surface area contributed by atoms with Crippen molar-refractivity contribution in [3.05, 3.63) is 59.9 Å². The Balaban J connectivity index is 1.22. The van der Waals surface area contributed by atoms with Crippen molar-refractivity contribution < 1.29 is 9.53 Å². The first-order valence-electron chi connectivity index (χ1n) is 11.2. The summed E-state index contributed by atoms with van der Waals surface area (Å²) in [4.78, 5) is 32.6. The van der Waals surface area contributed by atoms with Crippen molar-refractivity contribution in [2.24, 2.45) is 5.41 Å². The molecule has 8 nitrogen and oxygen atoms in total. The number of hydrogen-bond acceptors (Lipinski definition) is 8. The fraction of sp³-hybridized carbons (Fsp3) is 0.375. The molecule has 5 rings (SSSR count). The van der Waals surface area contributed by atoms with Crippen molar-refractivity contribution in [1.82, 2.24) is 19.9 Å². The molecule has 0 radical (unpaired) electrons. The Morgan fingerprint density at radius 2 is 1.94 bits per heavy atom. The van der Waals surface area contributed by atoms with Crippen LogP contribution in [-0.2, 0) is 4.74 Å². The average molecular weight is 497 g/mol. The second-order valence-corrected chi connectivity index (χ2v) is 10.2. The minimum Gasteiger partial charge on any atom is -0.378 e. The number of carbonyl (C=O) groups is 1. The van der Waals surface area contributed by atoms with Gasteiger partial charge in [-0.15, -0.1) is 0 Å². The van der Waals surface area contributed by atoms with Gasteiger partial charge in [0.05, 0.1) is 35.8 Å². The van der Waals surface area contributed by atoms with Gasteiger partial charge in [-0.3, -0.25) is 4.79 Å². The zero-order chi connectivity index (χ0) is 23.5. The van der Waals surface area contributed by atoms with Gasteiger partial charge in [-0.2, -0.15) is 0 Å². The Morgan fingerprint density at radius 1 is 1.15 bits per heavy atom. The van der Waals surface area contributed by atoms with Gasteiger partial charge in [0.2, 0.25) is 5.82 Å². The number of aromatic nitrogens is 4. The van der Waals surface area contributed by atoms with E-state index < -0.39 is 5.91 Å². The number of halogens is 1. The molecule has 0 unspecified atom stereocenters. The summed E-state index contributed by atoms with van der Waals surface area (Å²) in [6, 6.07) is 7.10. The molecule has 2 saturated heterocycles. The largest absolute Gasteiger partial charge is 0.378 e. The Labute approximate surface area is 207 Å². The first kappa shape index (κ1) is 23.0. The van der Waals surface area contributed by atoms with Gasteiger partial charge in [-0.05, 0) is 49.8 Å². The molecule has 1 amide bonds. The van der Waals surface area contributed by atoms with E-state index in [1.54, 1.807) is 18.3 Å². The van der Waals surface area contributed by atoms with Crippen LogP contribution in [0.3, 0.4) is 0 Å². The first-order valence-corrected chi connectivity index (χ1v) is 12.4. The molecule has 0 saturated carbocycles. The second-order valence-electron chi connectivity index (χ2n) is 8.77. The Morgan fingerprint density at radius 3 is 2.62 bits per heavy atom. The normalized spacial score (nSPS) is 19.4. The number of nitrogens with one attached hydrogen (secondary N) is 1. The molecule has 1 atom stereocenters. The minimum absolute atomic E-state index is 0.0803. The Kier molecular flexibility index (Phi) is 6.67. The molecule has 1 N–H and O–H groups in total. The molecule has 1 aromatic carbocycles. The fourth-order valence-electron chi connectivity index (χ4n) is 4.52. The van der Waals surface area contributed by atoms with Crippen molar-refractivity contribution >= 4 is 40.8 Å². The molecule has 176 valence electrons. The monoisotopic (exact) mass is 496 g/mol. The maximum Gasteiger partial charge on any atom is 0.293 e. The second kappa shape index (κ2) is 9.85. The Bertz CT molecular complexity index is 1160. The molecule has 4 heterocycles. The standard InChI is InChI=1S/C24H25ClN6O2S/c1-16-12-24(15-33-16)6-10-31(11-7-24)19-13-29-20(14-28-19)34-18-5-2-4-17(21(18)25)30-23(32)22-26-8-3-9-27-22/h2-5,8-9,13-14,16H,6-7,10-12,15H2,1H3,(H,30,32)/t16-/m0/s1. The smallest absolute Gasteiger partial charge is 0.293 e. The lowest BCUT2D eigenvalue weighted by Gasteiger charge is -2.38. The highest BCUT2D eigenvalue weighted by Crippen LogP contribution is 2.42.